The van der Waals surface area contributed by atoms with Gasteiger partial charge in [-0.25, -0.2) is 9.78 Å². The molecule has 2 rings (SSSR count). The van der Waals surface area contributed by atoms with Crippen LogP contribution >= 0.6 is 27.7 Å². The Morgan fingerprint density at radius 2 is 2.28 bits per heavy atom. The number of halogens is 1. The SMILES string of the molecule is COC(=O)c1cnc(CSc2ccccc2Br)[nH]1. The van der Waals surface area contributed by atoms with Gasteiger partial charge in [-0.2, -0.15) is 0 Å². The van der Waals surface area contributed by atoms with Crippen LogP contribution in [0.3, 0.4) is 0 Å². The summed E-state index contributed by atoms with van der Waals surface area (Å²) in [6, 6.07) is 7.97. The predicted molar refractivity (Wildman–Crippen MR) is 73.6 cm³/mol. The summed E-state index contributed by atoms with van der Waals surface area (Å²) in [5.74, 6) is 1.01. The number of carbonyl (C=O) groups is 1. The third-order valence-corrected chi connectivity index (χ3v) is 4.27. The van der Waals surface area contributed by atoms with E-state index < -0.39 is 5.97 Å². The van der Waals surface area contributed by atoms with Crippen LogP contribution in [0.2, 0.25) is 0 Å². The lowest BCUT2D eigenvalue weighted by Crippen LogP contribution is -2.01. The fourth-order valence-electron chi connectivity index (χ4n) is 1.36. The van der Waals surface area contributed by atoms with Crippen molar-refractivity contribution >= 4 is 33.7 Å². The fraction of sp³-hybridized carbons (Fsp3) is 0.167. The minimum absolute atomic E-state index is 0.375. The number of hydrogen-bond donors (Lipinski definition) is 1. The minimum atomic E-state index is -0.403. The number of hydrogen-bond acceptors (Lipinski definition) is 4. The van der Waals surface area contributed by atoms with Crippen molar-refractivity contribution in [2.45, 2.75) is 10.6 Å². The molecule has 0 aliphatic rings. The van der Waals surface area contributed by atoms with Crippen molar-refractivity contribution in [3.8, 4) is 0 Å². The van der Waals surface area contributed by atoms with Crippen molar-refractivity contribution in [2.24, 2.45) is 0 Å². The average Bonchev–Trinajstić information content (AvgIpc) is 2.86. The Morgan fingerprint density at radius 3 is 3.00 bits per heavy atom. The first kappa shape index (κ1) is 13.2. The summed E-state index contributed by atoms with van der Waals surface area (Å²) < 4.78 is 5.66. The molecule has 18 heavy (non-hydrogen) atoms. The van der Waals surface area contributed by atoms with Crippen LogP contribution in [0, 0.1) is 0 Å². The Morgan fingerprint density at radius 1 is 1.50 bits per heavy atom. The highest BCUT2D eigenvalue weighted by Crippen LogP contribution is 2.28. The van der Waals surface area contributed by atoms with Gasteiger partial charge in [0, 0.05) is 9.37 Å². The highest BCUT2D eigenvalue weighted by Gasteiger charge is 2.09. The molecule has 1 aromatic heterocycles. The molecule has 94 valence electrons. The molecule has 2 aromatic rings. The van der Waals surface area contributed by atoms with Crippen LogP contribution < -0.4 is 0 Å². The monoisotopic (exact) mass is 326 g/mol. The molecule has 0 radical (unpaired) electrons. The number of methoxy groups -OCH3 is 1. The Hall–Kier alpha value is -1.27. The summed E-state index contributed by atoms with van der Waals surface area (Å²) in [7, 11) is 1.35. The number of ether oxygens (including phenoxy) is 1. The number of aromatic nitrogens is 2. The molecule has 0 saturated heterocycles. The number of nitrogens with zero attached hydrogens (tertiary/aromatic N) is 1. The minimum Gasteiger partial charge on any atom is -0.464 e. The number of thioether (sulfide) groups is 1. The summed E-state index contributed by atoms with van der Waals surface area (Å²) in [5, 5.41) is 0. The van der Waals surface area contributed by atoms with Crippen LogP contribution in [0.1, 0.15) is 16.3 Å². The Labute approximate surface area is 117 Å². The molecule has 0 fully saturated rings. The molecule has 0 aliphatic heterocycles. The Kier molecular flexibility index (Phi) is 4.43. The molecule has 0 bridgehead atoms. The zero-order chi connectivity index (χ0) is 13.0. The second kappa shape index (κ2) is 6.06. The summed E-state index contributed by atoms with van der Waals surface area (Å²) in [5.41, 5.74) is 0.375. The largest absolute Gasteiger partial charge is 0.464 e. The molecule has 0 spiro atoms. The van der Waals surface area contributed by atoms with Crippen molar-refractivity contribution in [2.75, 3.05) is 7.11 Å². The van der Waals surface area contributed by atoms with Crippen molar-refractivity contribution < 1.29 is 9.53 Å². The molecule has 1 aromatic carbocycles. The van der Waals surface area contributed by atoms with E-state index in [1.165, 1.54) is 13.3 Å². The van der Waals surface area contributed by atoms with Crippen LogP contribution in [0.25, 0.3) is 0 Å². The van der Waals surface area contributed by atoms with Crippen molar-refractivity contribution in [3.05, 3.63) is 46.5 Å². The van der Waals surface area contributed by atoms with Crippen LogP contribution in [0.5, 0.6) is 0 Å². The third kappa shape index (κ3) is 3.14. The van der Waals surface area contributed by atoms with Crippen molar-refractivity contribution in [3.63, 3.8) is 0 Å². The van der Waals surface area contributed by atoms with E-state index in [1.54, 1.807) is 11.8 Å². The van der Waals surface area contributed by atoms with E-state index in [0.29, 0.717) is 11.4 Å². The number of rotatable bonds is 4. The summed E-state index contributed by atoms with van der Waals surface area (Å²) in [4.78, 5) is 19.4. The van der Waals surface area contributed by atoms with Gasteiger partial charge in [0.1, 0.15) is 11.5 Å². The van der Waals surface area contributed by atoms with E-state index in [9.17, 15) is 4.79 Å². The molecule has 6 heteroatoms. The third-order valence-electron chi connectivity index (χ3n) is 2.23. The van der Waals surface area contributed by atoms with Crippen molar-refractivity contribution in [1.82, 2.24) is 9.97 Å². The van der Waals surface area contributed by atoms with Crippen molar-refractivity contribution in [1.29, 1.82) is 0 Å². The van der Waals surface area contributed by atoms with Gasteiger partial charge in [-0.05, 0) is 28.1 Å². The smallest absolute Gasteiger partial charge is 0.356 e. The number of nitrogens with one attached hydrogen (secondary N) is 1. The molecular formula is C12H11BrN2O2S. The van der Waals surface area contributed by atoms with Gasteiger partial charge < -0.3 is 9.72 Å². The molecule has 0 saturated carbocycles. The molecule has 0 amide bonds. The molecule has 0 unspecified atom stereocenters. The van der Waals surface area contributed by atoms with Gasteiger partial charge in [-0.15, -0.1) is 11.8 Å². The lowest BCUT2D eigenvalue weighted by Gasteiger charge is -2.01. The number of benzene rings is 1. The molecule has 1 N–H and O–H groups in total. The quantitative estimate of drug-likeness (QED) is 0.692. The van der Waals surface area contributed by atoms with Gasteiger partial charge in [0.15, 0.2) is 0 Å². The molecule has 0 atom stereocenters. The number of carbonyl (C=O) groups excluding carboxylic acids is 1. The standard InChI is InChI=1S/C12H11BrN2O2S/c1-17-12(16)9-6-14-11(15-9)7-18-10-5-3-2-4-8(10)13/h2-6H,7H2,1H3,(H,14,15). The maximum atomic E-state index is 11.2. The fourth-order valence-corrected chi connectivity index (χ4v) is 2.81. The van der Waals surface area contributed by atoms with Crippen LogP contribution in [0.4, 0.5) is 0 Å². The highest BCUT2D eigenvalue weighted by atomic mass is 79.9. The van der Waals surface area contributed by atoms with E-state index in [0.717, 1.165) is 15.2 Å². The first-order valence-corrected chi connectivity index (χ1v) is 6.98. The van der Waals surface area contributed by atoms with E-state index in [1.807, 2.05) is 24.3 Å². The van der Waals surface area contributed by atoms with Crippen LogP contribution in [-0.4, -0.2) is 23.0 Å². The number of esters is 1. The van der Waals surface area contributed by atoms with E-state index in [-0.39, 0.29) is 0 Å². The van der Waals surface area contributed by atoms with Crippen LogP contribution in [0.15, 0.2) is 39.8 Å². The number of H-pyrrole nitrogens is 1. The van der Waals surface area contributed by atoms with Gasteiger partial charge >= 0.3 is 5.97 Å². The first-order valence-electron chi connectivity index (χ1n) is 5.20. The maximum Gasteiger partial charge on any atom is 0.356 e. The second-order valence-corrected chi connectivity index (χ2v) is 5.33. The predicted octanol–water partition coefficient (Wildman–Crippen LogP) is 3.25. The Balaban J connectivity index is 2.01. The lowest BCUT2D eigenvalue weighted by molar-refractivity contribution is 0.0594. The molecule has 1 heterocycles. The van der Waals surface area contributed by atoms with E-state index in [2.05, 4.69) is 30.6 Å². The zero-order valence-electron chi connectivity index (χ0n) is 9.64. The van der Waals surface area contributed by atoms with Gasteiger partial charge in [0.25, 0.3) is 0 Å². The number of imidazole rings is 1. The molecular weight excluding hydrogens is 316 g/mol. The van der Waals surface area contributed by atoms with E-state index >= 15 is 0 Å². The number of aromatic amines is 1. The van der Waals surface area contributed by atoms with Crippen LogP contribution in [-0.2, 0) is 10.5 Å². The summed E-state index contributed by atoms with van der Waals surface area (Å²) >= 11 is 5.12. The average molecular weight is 327 g/mol. The second-order valence-electron chi connectivity index (χ2n) is 3.45. The van der Waals surface area contributed by atoms with E-state index in [4.69, 9.17) is 0 Å². The normalized spacial score (nSPS) is 10.3. The topological polar surface area (TPSA) is 55.0 Å². The summed E-state index contributed by atoms with van der Waals surface area (Å²) in [6.45, 7) is 0. The molecule has 4 nitrogen and oxygen atoms in total. The maximum absolute atomic E-state index is 11.2. The first-order chi connectivity index (χ1) is 8.70. The van der Waals surface area contributed by atoms with Gasteiger partial charge in [0.2, 0.25) is 0 Å². The lowest BCUT2D eigenvalue weighted by atomic mass is 10.4. The zero-order valence-corrected chi connectivity index (χ0v) is 12.0. The Bertz CT molecular complexity index is 557. The molecule has 0 aliphatic carbocycles. The highest BCUT2D eigenvalue weighted by molar-refractivity contribution is 9.10. The van der Waals surface area contributed by atoms with Gasteiger partial charge in [0.05, 0.1) is 19.1 Å². The van der Waals surface area contributed by atoms with Gasteiger partial charge in [-0.1, -0.05) is 12.1 Å². The van der Waals surface area contributed by atoms with Gasteiger partial charge in [-0.3, -0.25) is 0 Å². The summed E-state index contributed by atoms with van der Waals surface area (Å²) in [6.07, 6.45) is 1.49.